The second-order valence-electron chi connectivity index (χ2n) is 8.47. The zero-order valence-electron chi connectivity index (χ0n) is 19.0. The van der Waals surface area contributed by atoms with Crippen molar-refractivity contribution < 1.29 is 19.1 Å². The predicted octanol–water partition coefficient (Wildman–Crippen LogP) is 5.66. The van der Waals surface area contributed by atoms with Gasteiger partial charge in [-0.25, -0.2) is 9.59 Å². The summed E-state index contributed by atoms with van der Waals surface area (Å²) >= 11 is 0. The molecule has 0 bridgehead atoms. The summed E-state index contributed by atoms with van der Waals surface area (Å²) < 4.78 is 10.8. The lowest BCUT2D eigenvalue weighted by atomic mass is 10.2. The highest BCUT2D eigenvalue weighted by Crippen LogP contribution is 2.23. The zero-order valence-corrected chi connectivity index (χ0v) is 20.6. The molecule has 0 atom stereocenters. The van der Waals surface area contributed by atoms with Crippen LogP contribution in [0.1, 0.15) is 68.2 Å². The molecule has 0 saturated heterocycles. The number of hydrogen-bond donors (Lipinski definition) is 0. The van der Waals surface area contributed by atoms with Crippen molar-refractivity contribution in [3.05, 3.63) is 0 Å². The molecule has 0 N–H and O–H groups in total. The van der Waals surface area contributed by atoms with Gasteiger partial charge in [-0.1, -0.05) is 21.6 Å². The van der Waals surface area contributed by atoms with Gasteiger partial charge < -0.3 is 19.3 Å². The Morgan fingerprint density at radius 2 is 1.04 bits per heavy atom. The van der Waals surface area contributed by atoms with E-state index in [-0.39, 0.29) is 12.2 Å². The van der Waals surface area contributed by atoms with Crippen LogP contribution in [0.2, 0.25) is 0 Å². The maximum atomic E-state index is 12.1. The van der Waals surface area contributed by atoms with Gasteiger partial charge in [0.25, 0.3) is 0 Å². The monoisotopic (exact) mass is 436 g/mol. The third-order valence-electron chi connectivity index (χ3n) is 3.46. The molecule has 0 aromatic rings. The van der Waals surface area contributed by atoms with E-state index in [9.17, 15) is 9.59 Å². The van der Waals surface area contributed by atoms with Crippen molar-refractivity contribution in [1.82, 2.24) is 9.80 Å². The normalized spacial score (nSPS) is 11.9. The number of amides is 2. The SMILES string of the molecule is CCN(CCCSSCCCN(CC)C(=O)OC(C)(C)C)C(=O)OC(C)(C)C. The Morgan fingerprint density at radius 3 is 1.29 bits per heavy atom. The molecule has 0 aliphatic heterocycles. The molecule has 166 valence electrons. The Hall–Kier alpha value is -0.760. The molecular weight excluding hydrogens is 396 g/mol. The maximum Gasteiger partial charge on any atom is 0.410 e. The molecule has 0 fully saturated rings. The molecular formula is C20H40N2O4S2. The van der Waals surface area contributed by atoms with Gasteiger partial charge in [-0.05, 0) is 68.2 Å². The Balaban J connectivity index is 3.91. The molecule has 0 aliphatic rings. The van der Waals surface area contributed by atoms with Gasteiger partial charge in [0.15, 0.2) is 0 Å². The molecule has 0 heterocycles. The predicted molar refractivity (Wildman–Crippen MR) is 121 cm³/mol. The fourth-order valence-electron chi connectivity index (χ4n) is 2.16. The van der Waals surface area contributed by atoms with Gasteiger partial charge in [0.1, 0.15) is 11.2 Å². The zero-order chi connectivity index (χ0) is 21.8. The Labute approximate surface area is 179 Å². The fourth-order valence-corrected chi connectivity index (χ4v) is 4.30. The van der Waals surface area contributed by atoms with Crippen molar-refractivity contribution >= 4 is 33.8 Å². The topological polar surface area (TPSA) is 59.1 Å². The Kier molecular flexibility index (Phi) is 13.1. The van der Waals surface area contributed by atoms with E-state index >= 15 is 0 Å². The summed E-state index contributed by atoms with van der Waals surface area (Å²) in [5, 5.41) is 0. The lowest BCUT2D eigenvalue weighted by molar-refractivity contribution is 0.0250. The third kappa shape index (κ3) is 14.3. The van der Waals surface area contributed by atoms with Gasteiger partial charge in [-0.2, -0.15) is 0 Å². The van der Waals surface area contributed by atoms with Crippen molar-refractivity contribution in [2.75, 3.05) is 37.7 Å². The maximum absolute atomic E-state index is 12.1. The largest absolute Gasteiger partial charge is 0.444 e. The van der Waals surface area contributed by atoms with Crippen molar-refractivity contribution in [1.29, 1.82) is 0 Å². The summed E-state index contributed by atoms with van der Waals surface area (Å²) in [5.41, 5.74) is -0.915. The lowest BCUT2D eigenvalue weighted by Crippen LogP contribution is -2.37. The van der Waals surface area contributed by atoms with Gasteiger partial charge in [0, 0.05) is 37.7 Å². The van der Waals surface area contributed by atoms with E-state index in [4.69, 9.17) is 9.47 Å². The number of rotatable bonds is 11. The highest BCUT2D eigenvalue weighted by Gasteiger charge is 2.21. The van der Waals surface area contributed by atoms with Crippen LogP contribution >= 0.6 is 21.6 Å². The fraction of sp³-hybridized carbons (Fsp3) is 0.900. The van der Waals surface area contributed by atoms with E-state index in [0.717, 1.165) is 24.3 Å². The molecule has 0 rings (SSSR count). The van der Waals surface area contributed by atoms with Crippen LogP contribution in [0.5, 0.6) is 0 Å². The first-order valence-corrected chi connectivity index (χ1v) is 12.6. The van der Waals surface area contributed by atoms with Crippen LogP contribution in [0.3, 0.4) is 0 Å². The lowest BCUT2D eigenvalue weighted by Gasteiger charge is -2.26. The third-order valence-corrected chi connectivity index (χ3v) is 6.04. The average Bonchev–Trinajstić information content (AvgIpc) is 2.53. The molecule has 0 saturated carbocycles. The molecule has 28 heavy (non-hydrogen) atoms. The molecule has 0 unspecified atom stereocenters. The Bertz CT molecular complexity index is 420. The van der Waals surface area contributed by atoms with Gasteiger partial charge >= 0.3 is 12.2 Å². The van der Waals surface area contributed by atoms with Gasteiger partial charge in [-0.15, -0.1) is 0 Å². The molecule has 6 nitrogen and oxygen atoms in total. The quantitative estimate of drug-likeness (QED) is 0.307. The highest BCUT2D eigenvalue weighted by atomic mass is 33.1. The van der Waals surface area contributed by atoms with E-state index in [1.807, 2.05) is 77.0 Å². The average molecular weight is 437 g/mol. The van der Waals surface area contributed by atoms with Crippen LogP contribution in [-0.4, -0.2) is 70.9 Å². The summed E-state index contributed by atoms with van der Waals surface area (Å²) in [4.78, 5) is 27.6. The van der Waals surface area contributed by atoms with Crippen LogP contribution in [0.15, 0.2) is 0 Å². The molecule has 0 radical (unpaired) electrons. The number of hydrogen-bond acceptors (Lipinski definition) is 6. The number of carbonyl (C=O) groups excluding carboxylic acids is 2. The summed E-state index contributed by atoms with van der Waals surface area (Å²) in [6.07, 6.45) is 1.39. The minimum Gasteiger partial charge on any atom is -0.444 e. The van der Waals surface area contributed by atoms with Gasteiger partial charge in [0.05, 0.1) is 0 Å². The van der Waals surface area contributed by atoms with Crippen LogP contribution in [0.25, 0.3) is 0 Å². The summed E-state index contributed by atoms with van der Waals surface area (Å²) in [6.45, 7) is 18.0. The molecule has 0 aromatic carbocycles. The highest BCUT2D eigenvalue weighted by molar-refractivity contribution is 8.76. The first kappa shape index (κ1) is 27.2. The van der Waals surface area contributed by atoms with Crippen molar-refractivity contribution in [2.24, 2.45) is 0 Å². The van der Waals surface area contributed by atoms with Crippen molar-refractivity contribution in [3.8, 4) is 0 Å². The molecule has 0 aromatic heterocycles. The van der Waals surface area contributed by atoms with Crippen LogP contribution in [0.4, 0.5) is 9.59 Å². The number of carbonyl (C=O) groups is 2. The second-order valence-corrected chi connectivity index (χ2v) is 11.2. The molecule has 0 spiro atoms. The summed E-state index contributed by atoms with van der Waals surface area (Å²) in [7, 11) is 3.62. The Morgan fingerprint density at radius 1 is 0.714 bits per heavy atom. The van der Waals surface area contributed by atoms with Crippen LogP contribution in [-0.2, 0) is 9.47 Å². The van der Waals surface area contributed by atoms with E-state index in [1.165, 1.54) is 0 Å². The van der Waals surface area contributed by atoms with E-state index in [0.29, 0.717) is 26.2 Å². The smallest absolute Gasteiger partial charge is 0.410 e. The van der Waals surface area contributed by atoms with E-state index < -0.39 is 11.2 Å². The molecule has 2 amide bonds. The van der Waals surface area contributed by atoms with E-state index in [2.05, 4.69) is 0 Å². The second kappa shape index (κ2) is 13.5. The van der Waals surface area contributed by atoms with Crippen molar-refractivity contribution in [3.63, 3.8) is 0 Å². The number of nitrogens with zero attached hydrogens (tertiary/aromatic N) is 2. The molecule has 8 heteroatoms. The minimum atomic E-state index is -0.458. The van der Waals surface area contributed by atoms with Crippen molar-refractivity contribution in [2.45, 2.75) is 79.4 Å². The van der Waals surface area contributed by atoms with Crippen LogP contribution in [0, 0.1) is 0 Å². The standard InChI is InChI=1S/C20H40N2O4S2/c1-9-21(17(23)25-19(3,4)5)13-11-15-27-28-16-12-14-22(10-2)18(24)26-20(6,7)8/h9-16H2,1-8H3. The number of ether oxygens (including phenoxy) is 2. The van der Waals surface area contributed by atoms with E-state index in [1.54, 1.807) is 9.80 Å². The van der Waals surface area contributed by atoms with Gasteiger partial charge in [0.2, 0.25) is 0 Å². The van der Waals surface area contributed by atoms with Crippen LogP contribution < -0.4 is 0 Å². The minimum absolute atomic E-state index is 0.241. The summed E-state index contributed by atoms with van der Waals surface area (Å²) in [6, 6.07) is 0. The molecule has 0 aliphatic carbocycles. The summed E-state index contributed by atoms with van der Waals surface area (Å²) in [5.74, 6) is 1.96. The van der Waals surface area contributed by atoms with Gasteiger partial charge in [-0.3, -0.25) is 0 Å². The first-order chi connectivity index (χ1) is 12.9. The first-order valence-electron chi connectivity index (χ1n) is 10.1.